The lowest BCUT2D eigenvalue weighted by Gasteiger charge is -2.28. The highest BCUT2D eigenvalue weighted by Gasteiger charge is 2.32. The maximum atomic E-state index is 10.6. The molecule has 0 saturated heterocycles. The van der Waals surface area contributed by atoms with Crippen LogP contribution in [0.3, 0.4) is 0 Å². The fourth-order valence-corrected chi connectivity index (χ4v) is 5.65. The summed E-state index contributed by atoms with van der Waals surface area (Å²) in [7, 11) is 5.14. The van der Waals surface area contributed by atoms with Crippen LogP contribution < -0.4 is 9.47 Å². The highest BCUT2D eigenvalue weighted by atomic mass is 16.5. The summed E-state index contributed by atoms with van der Waals surface area (Å²) in [6, 6.07) is 19.3. The van der Waals surface area contributed by atoms with Gasteiger partial charge in [0.05, 0.1) is 31.7 Å². The summed E-state index contributed by atoms with van der Waals surface area (Å²) in [6.45, 7) is 2.27. The molecule has 5 heteroatoms. The quantitative estimate of drug-likeness (QED) is 0.109. The number of hydrogen-bond donors (Lipinski definition) is 0. The zero-order valence-corrected chi connectivity index (χ0v) is 25.7. The molecular formula is C35H53N3O2. The molecule has 2 aromatic rings. The average Bonchev–Trinajstić information content (AvgIpc) is 3.00. The van der Waals surface area contributed by atoms with Crippen LogP contribution in [0, 0.1) is 11.3 Å². The van der Waals surface area contributed by atoms with Crippen molar-refractivity contribution in [2.45, 2.75) is 121 Å². The Kier molecular flexibility index (Phi) is 16.7. The van der Waals surface area contributed by atoms with E-state index in [0.717, 1.165) is 62.0 Å². The van der Waals surface area contributed by atoms with Gasteiger partial charge in [-0.1, -0.05) is 95.4 Å². The van der Waals surface area contributed by atoms with Gasteiger partial charge in [0.25, 0.3) is 0 Å². The number of aryl methyl sites for hydroxylation is 1. The molecule has 0 amide bonds. The fourth-order valence-electron chi connectivity index (χ4n) is 5.65. The molecule has 40 heavy (non-hydrogen) atoms. The largest absolute Gasteiger partial charge is 0.497 e. The number of benzene rings is 2. The number of unbranched alkanes of at least 4 members (excludes halogenated alkanes) is 9. The minimum Gasteiger partial charge on any atom is -0.497 e. The molecule has 5 nitrogen and oxygen atoms in total. The lowest BCUT2D eigenvalue weighted by molar-refractivity contribution is 0.392. The van der Waals surface area contributed by atoms with Crippen LogP contribution in [0.2, 0.25) is 0 Å². The van der Waals surface area contributed by atoms with E-state index in [1.54, 1.807) is 21.3 Å². The van der Waals surface area contributed by atoms with Gasteiger partial charge in [0, 0.05) is 7.05 Å². The second kappa shape index (κ2) is 20.1. The minimum absolute atomic E-state index is 0.148. The van der Waals surface area contributed by atoms with Crippen molar-refractivity contribution in [2.75, 3.05) is 21.3 Å². The van der Waals surface area contributed by atoms with Gasteiger partial charge in [-0.2, -0.15) is 15.5 Å². The summed E-state index contributed by atoms with van der Waals surface area (Å²) >= 11 is 0. The first-order chi connectivity index (χ1) is 19.6. The van der Waals surface area contributed by atoms with E-state index in [1.165, 1.54) is 63.4 Å². The van der Waals surface area contributed by atoms with E-state index in [1.807, 2.05) is 24.3 Å². The van der Waals surface area contributed by atoms with Gasteiger partial charge in [-0.3, -0.25) is 0 Å². The van der Waals surface area contributed by atoms with Crippen molar-refractivity contribution in [1.29, 1.82) is 5.26 Å². The summed E-state index contributed by atoms with van der Waals surface area (Å²) in [6.07, 6.45) is 18.4. The first-order valence-electron chi connectivity index (χ1n) is 15.6. The van der Waals surface area contributed by atoms with Crippen molar-refractivity contribution in [3.05, 3.63) is 59.7 Å². The van der Waals surface area contributed by atoms with Gasteiger partial charge in [-0.25, -0.2) is 0 Å². The predicted molar refractivity (Wildman–Crippen MR) is 166 cm³/mol. The predicted octanol–water partition coefficient (Wildman–Crippen LogP) is 10.0. The van der Waals surface area contributed by atoms with E-state index in [-0.39, 0.29) is 6.04 Å². The molecule has 2 unspecified atom stereocenters. The molecule has 2 rings (SSSR count). The number of hydrogen-bond acceptors (Lipinski definition) is 5. The van der Waals surface area contributed by atoms with E-state index in [9.17, 15) is 5.26 Å². The van der Waals surface area contributed by atoms with Crippen LogP contribution in [-0.4, -0.2) is 27.3 Å². The number of nitriles is 1. The second-order valence-electron chi connectivity index (χ2n) is 11.1. The van der Waals surface area contributed by atoms with Crippen LogP contribution in [-0.2, 0) is 11.8 Å². The Morgan fingerprint density at radius 1 is 0.775 bits per heavy atom. The lowest BCUT2D eigenvalue weighted by atomic mass is 9.73. The Hall–Kier alpha value is -2.87. The van der Waals surface area contributed by atoms with Crippen molar-refractivity contribution in [3.63, 3.8) is 0 Å². The normalized spacial score (nSPS) is 13.6. The third-order valence-corrected chi connectivity index (χ3v) is 8.11. The minimum atomic E-state index is -0.505. The molecule has 0 aliphatic rings. The van der Waals surface area contributed by atoms with Gasteiger partial charge in [-0.05, 0) is 73.9 Å². The molecule has 0 aliphatic carbocycles. The fraction of sp³-hybridized carbons (Fsp3) is 0.629. The summed E-state index contributed by atoms with van der Waals surface area (Å²) in [5, 5.41) is 19.2. The molecule has 0 aromatic heterocycles. The molecule has 0 aliphatic heterocycles. The van der Waals surface area contributed by atoms with Crippen LogP contribution >= 0.6 is 0 Å². The van der Waals surface area contributed by atoms with Gasteiger partial charge in [0.1, 0.15) is 11.5 Å². The third-order valence-electron chi connectivity index (χ3n) is 8.11. The van der Waals surface area contributed by atoms with Crippen LogP contribution in [0.1, 0.15) is 114 Å². The number of methoxy groups -OCH3 is 2. The molecule has 0 fully saturated rings. The molecule has 0 saturated carbocycles. The summed E-state index contributed by atoms with van der Waals surface area (Å²) in [5.41, 5.74) is 1.82. The molecule has 2 atom stereocenters. The average molecular weight is 548 g/mol. The maximum Gasteiger partial charge on any atom is 0.119 e. The number of nitrogens with zero attached hydrogens (tertiary/aromatic N) is 3. The number of rotatable bonds is 22. The summed E-state index contributed by atoms with van der Waals surface area (Å²) in [5.74, 6) is 1.70. The second-order valence-corrected chi connectivity index (χ2v) is 11.1. The van der Waals surface area contributed by atoms with E-state index < -0.39 is 5.41 Å². The van der Waals surface area contributed by atoms with Crippen LogP contribution in [0.5, 0.6) is 11.5 Å². The van der Waals surface area contributed by atoms with E-state index in [0.29, 0.717) is 0 Å². The number of ether oxygens (including phenoxy) is 2. The Morgan fingerprint density at radius 3 is 2.00 bits per heavy atom. The van der Waals surface area contributed by atoms with Crippen LogP contribution in [0.15, 0.2) is 58.8 Å². The standard InChI is InChI=1S/C35H53N3O2/c1-5-6-7-8-9-10-11-12-13-14-25-35(29-36,31-19-16-22-34(28-31)40-4)26-17-20-32(38-37-2)24-23-30-18-15-21-33(27-30)39-3/h15-16,18-19,21-22,27-28,32H,5-14,17,20,23-26H2,1-4H3. The highest BCUT2D eigenvalue weighted by molar-refractivity contribution is 5.38. The van der Waals surface area contributed by atoms with Crippen LogP contribution in [0.25, 0.3) is 0 Å². The highest BCUT2D eigenvalue weighted by Crippen LogP contribution is 2.37. The monoisotopic (exact) mass is 547 g/mol. The van der Waals surface area contributed by atoms with Crippen molar-refractivity contribution in [2.24, 2.45) is 10.2 Å². The third kappa shape index (κ3) is 12.1. The van der Waals surface area contributed by atoms with Gasteiger partial charge in [-0.15, -0.1) is 0 Å². The Labute approximate surface area is 244 Å². The van der Waals surface area contributed by atoms with Crippen molar-refractivity contribution in [3.8, 4) is 17.6 Å². The Balaban J connectivity index is 1.96. The molecule has 220 valence electrons. The molecular weight excluding hydrogens is 494 g/mol. The van der Waals surface area contributed by atoms with E-state index in [2.05, 4.69) is 47.5 Å². The Morgan fingerprint density at radius 2 is 1.38 bits per heavy atom. The van der Waals surface area contributed by atoms with Crippen LogP contribution in [0.4, 0.5) is 0 Å². The van der Waals surface area contributed by atoms with Crippen molar-refractivity contribution >= 4 is 0 Å². The summed E-state index contributed by atoms with van der Waals surface area (Å²) in [4.78, 5) is 0. The van der Waals surface area contributed by atoms with Gasteiger partial charge in [0.15, 0.2) is 0 Å². The maximum absolute atomic E-state index is 10.6. The van der Waals surface area contributed by atoms with Gasteiger partial charge < -0.3 is 9.47 Å². The first kappa shape index (κ1) is 33.3. The summed E-state index contributed by atoms with van der Waals surface area (Å²) < 4.78 is 10.9. The van der Waals surface area contributed by atoms with E-state index >= 15 is 0 Å². The first-order valence-corrected chi connectivity index (χ1v) is 15.6. The molecule has 0 bridgehead atoms. The number of azo groups is 1. The zero-order valence-electron chi connectivity index (χ0n) is 25.7. The van der Waals surface area contributed by atoms with Crippen molar-refractivity contribution < 1.29 is 9.47 Å². The molecule has 0 radical (unpaired) electrons. The molecule has 0 spiro atoms. The van der Waals surface area contributed by atoms with E-state index in [4.69, 9.17) is 9.47 Å². The molecule has 2 aromatic carbocycles. The molecule has 0 heterocycles. The van der Waals surface area contributed by atoms with Gasteiger partial charge in [0.2, 0.25) is 0 Å². The Bertz CT molecular complexity index is 1020. The SMILES string of the molecule is CCCCCCCCCCCCC(C#N)(CCCC(CCc1cccc(OC)c1)N=NC)c1cccc(OC)c1. The zero-order chi connectivity index (χ0) is 28.9. The molecule has 0 N–H and O–H groups in total. The topological polar surface area (TPSA) is 67.0 Å². The smallest absolute Gasteiger partial charge is 0.119 e. The van der Waals surface area contributed by atoms with Crippen molar-refractivity contribution in [1.82, 2.24) is 0 Å². The van der Waals surface area contributed by atoms with Gasteiger partial charge >= 0.3 is 0 Å². The lowest BCUT2D eigenvalue weighted by Crippen LogP contribution is -2.25.